The van der Waals surface area contributed by atoms with Crippen molar-refractivity contribution in [2.45, 2.75) is 26.4 Å². The largest absolute Gasteiger partial charge is 0.484 e. The van der Waals surface area contributed by atoms with E-state index in [2.05, 4.69) is 15.5 Å². The van der Waals surface area contributed by atoms with Gasteiger partial charge in [0.25, 0.3) is 5.91 Å². The Labute approximate surface area is 212 Å². The van der Waals surface area contributed by atoms with E-state index >= 15 is 0 Å². The predicted molar refractivity (Wildman–Crippen MR) is 137 cm³/mol. The molecule has 0 radical (unpaired) electrons. The van der Waals surface area contributed by atoms with Crippen LogP contribution in [0.4, 0.5) is 10.1 Å². The second-order valence-corrected chi connectivity index (χ2v) is 9.41. The number of benzene rings is 2. The van der Waals surface area contributed by atoms with Crippen LogP contribution in [0.3, 0.4) is 0 Å². The fraction of sp³-hybridized carbons (Fsp3) is 0.179. The van der Waals surface area contributed by atoms with Crippen LogP contribution < -0.4 is 15.4 Å². The Morgan fingerprint density at radius 3 is 2.70 bits per heavy atom. The highest BCUT2D eigenvalue weighted by atomic mass is 19.1. The average Bonchev–Trinajstić information content (AvgIpc) is 3.35. The van der Waals surface area contributed by atoms with Gasteiger partial charge >= 0.3 is 0 Å². The van der Waals surface area contributed by atoms with Crippen molar-refractivity contribution < 1.29 is 23.2 Å². The van der Waals surface area contributed by atoms with E-state index in [0.29, 0.717) is 39.2 Å². The highest BCUT2D eigenvalue weighted by Crippen LogP contribution is 2.25. The first kappa shape index (κ1) is 24.1. The van der Waals surface area contributed by atoms with Crippen molar-refractivity contribution in [3.05, 3.63) is 90.4 Å². The van der Waals surface area contributed by atoms with E-state index < -0.39 is 5.60 Å². The minimum atomic E-state index is -0.505. The predicted octanol–water partition coefficient (Wildman–Crippen LogP) is 5.53. The Kier molecular flexibility index (Phi) is 6.35. The second-order valence-electron chi connectivity index (χ2n) is 9.41. The van der Waals surface area contributed by atoms with Crippen LogP contribution in [-0.4, -0.2) is 27.5 Å². The lowest BCUT2D eigenvalue weighted by Gasteiger charge is -2.15. The first-order valence-electron chi connectivity index (χ1n) is 11.6. The molecule has 9 heteroatoms. The van der Waals surface area contributed by atoms with Crippen molar-refractivity contribution in [2.75, 3.05) is 11.9 Å². The number of halogens is 1. The van der Waals surface area contributed by atoms with Crippen LogP contribution in [-0.2, 0) is 9.63 Å². The van der Waals surface area contributed by atoms with Crippen molar-refractivity contribution in [1.29, 1.82) is 0 Å². The monoisotopic (exact) mass is 500 g/mol. The highest BCUT2D eigenvalue weighted by Gasteiger charge is 2.13. The van der Waals surface area contributed by atoms with Crippen molar-refractivity contribution in [2.24, 2.45) is 5.16 Å². The number of nitrogens with one attached hydrogen (secondary N) is 1. The summed E-state index contributed by atoms with van der Waals surface area (Å²) in [5, 5.41) is 8.23. The Morgan fingerprint density at radius 1 is 1.11 bits per heavy atom. The number of anilines is 1. The molecule has 0 spiro atoms. The van der Waals surface area contributed by atoms with Gasteiger partial charge in [0, 0.05) is 23.5 Å². The molecule has 0 saturated heterocycles. The molecule has 0 aliphatic carbocycles. The lowest BCUT2D eigenvalue weighted by molar-refractivity contribution is -0.118. The van der Waals surface area contributed by atoms with E-state index in [1.165, 1.54) is 24.3 Å². The molecule has 2 aromatic carbocycles. The molecule has 0 fully saturated rings. The van der Waals surface area contributed by atoms with E-state index in [1.54, 1.807) is 30.6 Å². The molecule has 37 heavy (non-hydrogen) atoms. The van der Waals surface area contributed by atoms with Gasteiger partial charge in [0.1, 0.15) is 33.8 Å². The lowest BCUT2D eigenvalue weighted by atomic mass is 10.2. The quantitative estimate of drug-likeness (QED) is 0.310. The van der Waals surface area contributed by atoms with Crippen LogP contribution in [0.1, 0.15) is 20.8 Å². The molecule has 5 rings (SSSR count). The van der Waals surface area contributed by atoms with Gasteiger partial charge in [0.15, 0.2) is 12.4 Å². The van der Waals surface area contributed by atoms with Gasteiger partial charge in [0.05, 0.1) is 11.7 Å². The van der Waals surface area contributed by atoms with Crippen molar-refractivity contribution in [1.82, 2.24) is 9.38 Å². The van der Waals surface area contributed by atoms with Gasteiger partial charge in [-0.2, -0.15) is 0 Å². The molecule has 0 bridgehead atoms. The number of hydrogen-bond acceptors (Lipinski definition) is 6. The average molecular weight is 501 g/mol. The van der Waals surface area contributed by atoms with Gasteiger partial charge < -0.3 is 23.7 Å². The standard InChI is InChI=1S/C28H25FN4O4/c1-28(2,3)37-32-23-15-26(24-13-20-5-4-12-33(20)17-30-24)36-25-11-10-21(14-22(23)25)35-16-27(34)31-19-8-6-18(29)7-9-19/h4-15,17H,16H2,1-3H3,(H,31,34). The number of fused-ring (bicyclic) bond motifs is 2. The number of aromatic nitrogens is 2. The fourth-order valence-electron chi connectivity index (χ4n) is 3.58. The number of hydrogen-bond donors (Lipinski definition) is 1. The van der Waals surface area contributed by atoms with Crippen molar-refractivity contribution in [3.63, 3.8) is 0 Å². The number of carbonyl (C=O) groups is 1. The molecule has 0 saturated carbocycles. The van der Waals surface area contributed by atoms with Crippen LogP contribution in [0.15, 0.2) is 88.8 Å². The van der Waals surface area contributed by atoms with Crippen molar-refractivity contribution >= 4 is 28.1 Å². The maximum absolute atomic E-state index is 13.1. The zero-order valence-corrected chi connectivity index (χ0v) is 20.6. The summed E-state index contributed by atoms with van der Waals surface area (Å²) >= 11 is 0. The van der Waals surface area contributed by atoms with E-state index in [0.717, 1.165) is 5.52 Å². The van der Waals surface area contributed by atoms with E-state index in [9.17, 15) is 9.18 Å². The maximum Gasteiger partial charge on any atom is 0.262 e. The molecule has 0 aliphatic heterocycles. The molecule has 0 unspecified atom stereocenters. The third-order valence-corrected chi connectivity index (χ3v) is 5.30. The lowest BCUT2D eigenvalue weighted by Crippen LogP contribution is -2.20. The Bertz CT molecular complexity index is 1650. The summed E-state index contributed by atoms with van der Waals surface area (Å²) < 4.78 is 26.9. The van der Waals surface area contributed by atoms with E-state index in [1.807, 2.05) is 49.6 Å². The minimum Gasteiger partial charge on any atom is -0.484 e. The summed E-state index contributed by atoms with van der Waals surface area (Å²) in [6, 6.07) is 18.3. The molecular weight excluding hydrogens is 475 g/mol. The third-order valence-electron chi connectivity index (χ3n) is 5.30. The highest BCUT2D eigenvalue weighted by molar-refractivity contribution is 5.92. The van der Waals surface area contributed by atoms with Gasteiger partial charge in [-0.1, -0.05) is 5.16 Å². The summed E-state index contributed by atoms with van der Waals surface area (Å²) in [4.78, 5) is 22.5. The molecule has 3 heterocycles. The number of nitrogens with zero attached hydrogens (tertiary/aromatic N) is 3. The first-order chi connectivity index (χ1) is 17.7. The Balaban J connectivity index is 1.45. The number of amides is 1. The zero-order chi connectivity index (χ0) is 26.0. The first-order valence-corrected chi connectivity index (χ1v) is 11.6. The van der Waals surface area contributed by atoms with Crippen molar-refractivity contribution in [3.8, 4) is 17.2 Å². The zero-order valence-electron chi connectivity index (χ0n) is 20.6. The Hall–Kier alpha value is -4.66. The molecule has 8 nitrogen and oxygen atoms in total. The normalized spacial score (nSPS) is 12.2. The summed E-state index contributed by atoms with van der Waals surface area (Å²) in [6.07, 6.45) is 3.64. The fourth-order valence-corrected chi connectivity index (χ4v) is 3.58. The summed E-state index contributed by atoms with van der Waals surface area (Å²) in [7, 11) is 0. The minimum absolute atomic E-state index is 0.232. The smallest absolute Gasteiger partial charge is 0.262 e. The molecule has 188 valence electrons. The molecular formula is C28H25FN4O4. The second kappa shape index (κ2) is 9.77. The molecule has 3 aromatic heterocycles. The van der Waals surface area contributed by atoms with Crippen LogP contribution in [0.5, 0.6) is 5.75 Å². The summed E-state index contributed by atoms with van der Waals surface area (Å²) in [5.74, 6) is 0.223. The third kappa shape index (κ3) is 5.78. The van der Waals surface area contributed by atoms with Gasteiger partial charge in [0.2, 0.25) is 0 Å². The SMILES string of the molecule is CC(C)(C)ON=c1cc(-c2cc3cccn3cn2)oc2ccc(OCC(=O)Nc3ccc(F)cc3)cc12. The van der Waals surface area contributed by atoms with E-state index in [-0.39, 0.29) is 18.3 Å². The molecule has 5 aromatic rings. The number of rotatable bonds is 6. The van der Waals surface area contributed by atoms with Gasteiger partial charge in [-0.15, -0.1) is 0 Å². The molecule has 0 atom stereocenters. The van der Waals surface area contributed by atoms with Gasteiger partial charge in [-0.05, 0) is 81.4 Å². The number of ether oxygens (including phenoxy) is 1. The van der Waals surface area contributed by atoms with Gasteiger partial charge in [-0.3, -0.25) is 4.79 Å². The Morgan fingerprint density at radius 2 is 1.92 bits per heavy atom. The number of carbonyl (C=O) groups excluding carboxylic acids is 1. The maximum atomic E-state index is 13.1. The summed E-state index contributed by atoms with van der Waals surface area (Å²) in [6.45, 7) is 5.49. The molecule has 1 amide bonds. The van der Waals surface area contributed by atoms with E-state index in [4.69, 9.17) is 14.0 Å². The van der Waals surface area contributed by atoms with Gasteiger partial charge in [-0.25, -0.2) is 9.37 Å². The molecule has 1 N–H and O–H groups in total. The van der Waals surface area contributed by atoms with Crippen LogP contribution in [0.25, 0.3) is 27.9 Å². The summed E-state index contributed by atoms with van der Waals surface area (Å²) in [5.41, 5.74) is 2.15. The topological polar surface area (TPSA) is 90.4 Å². The van der Waals surface area contributed by atoms with Crippen LogP contribution in [0, 0.1) is 5.82 Å². The van der Waals surface area contributed by atoms with Crippen LogP contribution >= 0.6 is 0 Å². The van der Waals surface area contributed by atoms with Crippen LogP contribution in [0.2, 0.25) is 0 Å². The molecule has 0 aliphatic rings.